The van der Waals surface area contributed by atoms with Crippen LogP contribution in [0.25, 0.3) is 10.8 Å². The van der Waals surface area contributed by atoms with Crippen LogP contribution in [0.4, 0.5) is 5.69 Å². The Bertz CT molecular complexity index is 551. The van der Waals surface area contributed by atoms with Crippen LogP contribution in [0, 0.1) is 0 Å². The molecule has 0 saturated carbocycles. The molecule has 0 saturated heterocycles. The second-order valence-electron chi connectivity index (χ2n) is 4.69. The summed E-state index contributed by atoms with van der Waals surface area (Å²) in [7, 11) is 0. The summed E-state index contributed by atoms with van der Waals surface area (Å²) >= 11 is 0. The van der Waals surface area contributed by atoms with Crippen molar-refractivity contribution in [2.45, 2.75) is 25.7 Å². The van der Waals surface area contributed by atoms with Crippen LogP contribution in [0.5, 0.6) is 0 Å². The predicted octanol–water partition coefficient (Wildman–Crippen LogP) is 3.90. The Morgan fingerprint density at radius 2 is 1.79 bits per heavy atom. The second-order valence-corrected chi connectivity index (χ2v) is 4.69. The second kappa shape index (κ2) is 6.78. The van der Waals surface area contributed by atoms with Gasteiger partial charge in [-0.05, 0) is 35.7 Å². The van der Waals surface area contributed by atoms with Crippen LogP contribution in [0.2, 0.25) is 0 Å². The van der Waals surface area contributed by atoms with Crippen molar-refractivity contribution in [1.82, 2.24) is 0 Å². The Hall–Kier alpha value is -2.03. The quantitative estimate of drug-likeness (QED) is 0.740. The Morgan fingerprint density at radius 3 is 2.58 bits per heavy atom. The van der Waals surface area contributed by atoms with Crippen molar-refractivity contribution >= 4 is 22.4 Å². The van der Waals surface area contributed by atoms with E-state index in [0.717, 1.165) is 31.5 Å². The Morgan fingerprint density at radius 1 is 1.00 bits per heavy atom. The van der Waals surface area contributed by atoms with E-state index in [4.69, 9.17) is 5.11 Å². The molecule has 0 fully saturated rings. The first-order valence-electron chi connectivity index (χ1n) is 6.70. The first kappa shape index (κ1) is 13.4. The van der Waals surface area contributed by atoms with E-state index in [1.807, 2.05) is 12.1 Å². The molecule has 3 nitrogen and oxygen atoms in total. The summed E-state index contributed by atoms with van der Waals surface area (Å²) in [5, 5.41) is 14.4. The number of carboxylic acids is 1. The number of aliphatic carboxylic acids is 1. The zero-order valence-corrected chi connectivity index (χ0v) is 10.9. The summed E-state index contributed by atoms with van der Waals surface area (Å²) < 4.78 is 0. The molecule has 0 radical (unpaired) electrons. The summed E-state index contributed by atoms with van der Waals surface area (Å²) in [5.74, 6) is -0.706. The monoisotopic (exact) mass is 257 g/mol. The molecule has 2 aromatic carbocycles. The molecule has 0 aliphatic rings. The highest BCUT2D eigenvalue weighted by atomic mass is 16.4. The van der Waals surface area contributed by atoms with Crippen molar-refractivity contribution in [3.63, 3.8) is 0 Å². The molecule has 2 rings (SSSR count). The number of carboxylic acid groups (broad SMARTS) is 1. The molecule has 0 heterocycles. The normalized spacial score (nSPS) is 10.5. The molecule has 0 aliphatic carbocycles. The van der Waals surface area contributed by atoms with Gasteiger partial charge in [0.2, 0.25) is 0 Å². The molecule has 0 spiro atoms. The molecular formula is C16H19NO2. The maximum atomic E-state index is 10.4. The molecule has 2 aromatic rings. The molecule has 0 bridgehead atoms. The van der Waals surface area contributed by atoms with Gasteiger partial charge < -0.3 is 10.4 Å². The van der Waals surface area contributed by atoms with Gasteiger partial charge in [0.1, 0.15) is 0 Å². The van der Waals surface area contributed by atoms with E-state index in [9.17, 15) is 4.79 Å². The number of unbranched alkanes of at least 4 members (excludes halogenated alkanes) is 2. The van der Waals surface area contributed by atoms with Gasteiger partial charge >= 0.3 is 5.97 Å². The minimum atomic E-state index is -0.706. The van der Waals surface area contributed by atoms with Crippen molar-refractivity contribution in [3.8, 4) is 0 Å². The van der Waals surface area contributed by atoms with Gasteiger partial charge in [-0.1, -0.05) is 36.8 Å². The van der Waals surface area contributed by atoms with Gasteiger partial charge in [0.05, 0.1) is 0 Å². The molecule has 3 heteroatoms. The third-order valence-corrected chi connectivity index (χ3v) is 3.15. The van der Waals surface area contributed by atoms with E-state index < -0.39 is 5.97 Å². The zero-order chi connectivity index (χ0) is 13.5. The van der Waals surface area contributed by atoms with Gasteiger partial charge in [0.15, 0.2) is 0 Å². The van der Waals surface area contributed by atoms with Crippen molar-refractivity contribution in [2.24, 2.45) is 0 Å². The Labute approximate surface area is 113 Å². The average molecular weight is 257 g/mol. The lowest BCUT2D eigenvalue weighted by Gasteiger charge is -2.07. The van der Waals surface area contributed by atoms with E-state index in [2.05, 4.69) is 35.6 Å². The highest BCUT2D eigenvalue weighted by Gasteiger charge is 1.97. The van der Waals surface area contributed by atoms with E-state index in [1.54, 1.807) is 0 Å². The number of anilines is 1. The van der Waals surface area contributed by atoms with Gasteiger partial charge in [-0.25, -0.2) is 0 Å². The van der Waals surface area contributed by atoms with Crippen LogP contribution >= 0.6 is 0 Å². The fraction of sp³-hybridized carbons (Fsp3) is 0.312. The Balaban J connectivity index is 1.77. The fourth-order valence-electron chi connectivity index (χ4n) is 2.11. The lowest BCUT2D eigenvalue weighted by Crippen LogP contribution is -2.02. The standard InChI is InChI=1S/C16H19NO2/c18-16(19)8-2-1-5-11-17-15-10-9-13-6-3-4-7-14(13)12-15/h3-4,6-7,9-10,12,17H,1-2,5,8,11H2,(H,18,19). The fourth-order valence-corrected chi connectivity index (χ4v) is 2.11. The van der Waals surface area contributed by atoms with E-state index in [-0.39, 0.29) is 6.42 Å². The van der Waals surface area contributed by atoms with Crippen LogP contribution in [0.15, 0.2) is 42.5 Å². The van der Waals surface area contributed by atoms with Gasteiger partial charge in [0.25, 0.3) is 0 Å². The number of rotatable bonds is 7. The molecule has 0 atom stereocenters. The van der Waals surface area contributed by atoms with Gasteiger partial charge in [-0.2, -0.15) is 0 Å². The lowest BCUT2D eigenvalue weighted by atomic mass is 10.1. The summed E-state index contributed by atoms with van der Waals surface area (Å²) in [6.07, 6.45) is 2.98. The molecule has 2 N–H and O–H groups in total. The first-order valence-corrected chi connectivity index (χ1v) is 6.70. The first-order chi connectivity index (χ1) is 9.25. The minimum absolute atomic E-state index is 0.274. The largest absolute Gasteiger partial charge is 0.481 e. The number of fused-ring (bicyclic) bond motifs is 1. The van der Waals surface area contributed by atoms with Gasteiger partial charge in [-0.3, -0.25) is 4.79 Å². The molecular weight excluding hydrogens is 238 g/mol. The number of carbonyl (C=O) groups is 1. The number of nitrogens with one attached hydrogen (secondary N) is 1. The van der Waals surface area contributed by atoms with Crippen LogP contribution in [-0.2, 0) is 4.79 Å². The van der Waals surface area contributed by atoms with Crippen LogP contribution < -0.4 is 5.32 Å². The maximum Gasteiger partial charge on any atom is 0.303 e. The van der Waals surface area contributed by atoms with Crippen molar-refractivity contribution in [2.75, 3.05) is 11.9 Å². The third-order valence-electron chi connectivity index (χ3n) is 3.15. The predicted molar refractivity (Wildman–Crippen MR) is 78.5 cm³/mol. The maximum absolute atomic E-state index is 10.4. The zero-order valence-electron chi connectivity index (χ0n) is 10.9. The molecule has 0 unspecified atom stereocenters. The highest BCUT2D eigenvalue weighted by Crippen LogP contribution is 2.18. The summed E-state index contributed by atoms with van der Waals surface area (Å²) in [6.45, 7) is 0.887. The van der Waals surface area contributed by atoms with E-state index >= 15 is 0 Å². The average Bonchev–Trinajstić information content (AvgIpc) is 2.42. The topological polar surface area (TPSA) is 49.3 Å². The Kier molecular flexibility index (Phi) is 4.78. The van der Waals surface area contributed by atoms with Gasteiger partial charge in [-0.15, -0.1) is 0 Å². The lowest BCUT2D eigenvalue weighted by molar-refractivity contribution is -0.137. The minimum Gasteiger partial charge on any atom is -0.481 e. The number of hydrogen-bond donors (Lipinski definition) is 2. The summed E-state index contributed by atoms with van der Waals surface area (Å²) in [6, 6.07) is 14.6. The third kappa shape index (κ3) is 4.28. The smallest absolute Gasteiger partial charge is 0.303 e. The van der Waals surface area contributed by atoms with Crippen LogP contribution in [0.3, 0.4) is 0 Å². The molecule has 100 valence electrons. The van der Waals surface area contributed by atoms with Crippen molar-refractivity contribution < 1.29 is 9.90 Å². The number of hydrogen-bond acceptors (Lipinski definition) is 2. The SMILES string of the molecule is O=C(O)CCCCCNc1ccc2ccccc2c1. The highest BCUT2D eigenvalue weighted by molar-refractivity contribution is 5.85. The van der Waals surface area contributed by atoms with E-state index in [0.29, 0.717) is 0 Å². The van der Waals surface area contributed by atoms with Crippen molar-refractivity contribution in [3.05, 3.63) is 42.5 Å². The molecule has 0 amide bonds. The number of benzene rings is 2. The molecule has 0 aliphatic heterocycles. The van der Waals surface area contributed by atoms with Crippen molar-refractivity contribution in [1.29, 1.82) is 0 Å². The summed E-state index contributed by atoms with van der Waals surface area (Å²) in [5.41, 5.74) is 1.12. The molecule has 19 heavy (non-hydrogen) atoms. The van der Waals surface area contributed by atoms with Crippen LogP contribution in [0.1, 0.15) is 25.7 Å². The molecule has 0 aromatic heterocycles. The van der Waals surface area contributed by atoms with E-state index in [1.165, 1.54) is 10.8 Å². The summed E-state index contributed by atoms with van der Waals surface area (Å²) in [4.78, 5) is 10.4. The van der Waals surface area contributed by atoms with Gasteiger partial charge in [0, 0.05) is 18.7 Å². The van der Waals surface area contributed by atoms with Crippen LogP contribution in [-0.4, -0.2) is 17.6 Å².